The van der Waals surface area contributed by atoms with Crippen molar-refractivity contribution in [2.45, 2.75) is 33.1 Å². The van der Waals surface area contributed by atoms with E-state index in [-0.39, 0.29) is 0 Å². The van der Waals surface area contributed by atoms with Crippen LogP contribution in [0.5, 0.6) is 0 Å². The van der Waals surface area contributed by atoms with Crippen molar-refractivity contribution in [3.8, 4) is 28.3 Å². The number of benzene rings is 8. The molecule has 0 heterocycles. The molecule has 0 aliphatic heterocycles. The maximum Gasteiger partial charge on any atom is 0.0991 e. The molecule has 1 spiro atoms. The molecule has 4 heteroatoms. The van der Waals surface area contributed by atoms with Gasteiger partial charge in [0.05, 0.1) is 17.0 Å². The fourth-order valence-corrected chi connectivity index (χ4v) is 9.37. The quantitative estimate of drug-likeness (QED) is 0.169. The molecule has 0 saturated heterocycles. The van der Waals surface area contributed by atoms with Gasteiger partial charge in [0.2, 0.25) is 0 Å². The van der Waals surface area contributed by atoms with Crippen LogP contribution in [0, 0.1) is 39.0 Å². The Morgan fingerprint density at radius 1 is 0.379 bits per heavy atom. The van der Waals surface area contributed by atoms with Gasteiger partial charge in [0.1, 0.15) is 0 Å². The molecule has 0 amide bonds. The number of anilines is 6. The van der Waals surface area contributed by atoms with E-state index in [1.165, 1.54) is 22.3 Å². The van der Waals surface area contributed by atoms with Crippen molar-refractivity contribution in [2.75, 3.05) is 9.80 Å². The summed E-state index contributed by atoms with van der Waals surface area (Å²) in [6, 6.07) is 63.7. The molecule has 0 bridgehead atoms. The largest absolute Gasteiger partial charge is 0.310 e. The summed E-state index contributed by atoms with van der Waals surface area (Å²) >= 11 is 7.01. The molecule has 0 N–H and O–H groups in total. The molecule has 2 aliphatic rings. The van der Waals surface area contributed by atoms with Crippen molar-refractivity contribution >= 4 is 45.7 Å². The van der Waals surface area contributed by atoms with E-state index >= 15 is 0 Å². The van der Waals surface area contributed by atoms with Gasteiger partial charge >= 0.3 is 0 Å². The lowest BCUT2D eigenvalue weighted by Gasteiger charge is -2.33. The van der Waals surface area contributed by atoms with Crippen molar-refractivity contribution in [2.24, 2.45) is 0 Å². The second-order valence-electron chi connectivity index (χ2n) is 15.8. The number of aryl methyl sites for hydroxylation is 4. The van der Waals surface area contributed by atoms with E-state index in [0.717, 1.165) is 78.6 Å². The molecule has 278 valence electrons. The van der Waals surface area contributed by atoms with Gasteiger partial charge < -0.3 is 9.80 Å². The van der Waals surface area contributed by atoms with Gasteiger partial charge in [-0.2, -0.15) is 5.26 Å². The van der Waals surface area contributed by atoms with Crippen molar-refractivity contribution in [3.05, 3.63) is 225 Å². The molecule has 8 aromatic carbocycles. The van der Waals surface area contributed by atoms with Gasteiger partial charge in [-0.25, -0.2) is 0 Å². The normalized spacial score (nSPS) is 12.7. The van der Waals surface area contributed by atoms with Crippen LogP contribution in [0.3, 0.4) is 0 Å². The Morgan fingerprint density at radius 3 is 1.07 bits per heavy atom. The third kappa shape index (κ3) is 5.56. The van der Waals surface area contributed by atoms with Crippen LogP contribution in [-0.2, 0) is 5.41 Å². The second-order valence-corrected chi connectivity index (χ2v) is 16.2. The van der Waals surface area contributed by atoms with Gasteiger partial charge in [-0.15, -0.1) is 0 Å². The second kappa shape index (κ2) is 13.7. The Balaban J connectivity index is 1.28. The van der Waals surface area contributed by atoms with Gasteiger partial charge in [-0.3, -0.25) is 0 Å². The molecule has 0 radical (unpaired) electrons. The molecule has 8 aromatic rings. The average molecular weight is 766 g/mol. The summed E-state index contributed by atoms with van der Waals surface area (Å²) in [5, 5.41) is 11.1. The Kier molecular flexibility index (Phi) is 8.37. The van der Waals surface area contributed by atoms with Gasteiger partial charge in [0, 0.05) is 39.1 Å². The van der Waals surface area contributed by atoms with Crippen molar-refractivity contribution in [1.82, 2.24) is 0 Å². The summed E-state index contributed by atoms with van der Waals surface area (Å²) in [7, 11) is 0. The number of nitriles is 1. The topological polar surface area (TPSA) is 30.3 Å². The van der Waals surface area contributed by atoms with Crippen molar-refractivity contribution < 1.29 is 0 Å². The van der Waals surface area contributed by atoms with Gasteiger partial charge in [0.25, 0.3) is 0 Å². The maximum absolute atomic E-state index is 10.4. The summed E-state index contributed by atoms with van der Waals surface area (Å²) in [6.45, 7) is 8.50. The molecular weight excluding hydrogens is 726 g/mol. The molecule has 2 aliphatic carbocycles. The SMILES string of the molecule is Cc1ccc(N(c2ccc(C)cc2)c2ccc3c(c2)C2(c4cc(Cl)ccc4-c4ccc(C#N)cc42)c2cc(N(c4ccc(C)cc4)c4ccc(C)cc4)ccc2-3)cc1. The van der Waals surface area contributed by atoms with Crippen LogP contribution in [0.15, 0.2) is 170 Å². The fraction of sp³-hybridized carbons (Fsp3) is 0.0926. The van der Waals surface area contributed by atoms with E-state index in [1.54, 1.807) is 0 Å². The average Bonchev–Trinajstić information content (AvgIpc) is 3.69. The summed E-state index contributed by atoms with van der Waals surface area (Å²) in [5.41, 5.74) is 20.2. The predicted octanol–water partition coefficient (Wildman–Crippen LogP) is 14.7. The summed E-state index contributed by atoms with van der Waals surface area (Å²) in [4.78, 5) is 4.69. The minimum Gasteiger partial charge on any atom is -0.310 e. The first kappa shape index (κ1) is 35.5. The monoisotopic (exact) mass is 765 g/mol. The van der Waals surface area contributed by atoms with Gasteiger partial charge in [0.15, 0.2) is 0 Å². The summed E-state index contributed by atoms with van der Waals surface area (Å²) in [6.07, 6.45) is 0. The highest BCUT2D eigenvalue weighted by Gasteiger charge is 2.52. The van der Waals surface area contributed by atoms with Crippen LogP contribution < -0.4 is 9.80 Å². The van der Waals surface area contributed by atoms with Crippen LogP contribution in [0.25, 0.3) is 22.3 Å². The Hall–Kier alpha value is -6.86. The molecule has 10 rings (SSSR count). The van der Waals surface area contributed by atoms with Crippen LogP contribution in [0.1, 0.15) is 50.1 Å². The zero-order valence-electron chi connectivity index (χ0n) is 32.9. The Bertz CT molecular complexity index is 2700. The van der Waals surface area contributed by atoms with Gasteiger partial charge in [-0.1, -0.05) is 107 Å². The van der Waals surface area contributed by atoms with E-state index in [0.29, 0.717) is 10.6 Å². The number of halogens is 1. The molecular formula is C54H40ClN3. The van der Waals surface area contributed by atoms with E-state index in [9.17, 15) is 5.26 Å². The molecule has 3 nitrogen and oxygen atoms in total. The van der Waals surface area contributed by atoms with E-state index in [1.807, 2.05) is 12.1 Å². The van der Waals surface area contributed by atoms with Crippen molar-refractivity contribution in [1.29, 1.82) is 5.26 Å². The van der Waals surface area contributed by atoms with Crippen LogP contribution in [0.4, 0.5) is 34.1 Å². The highest BCUT2D eigenvalue weighted by atomic mass is 35.5. The molecule has 0 atom stereocenters. The lowest BCUT2D eigenvalue weighted by atomic mass is 9.70. The Morgan fingerprint density at radius 2 is 0.690 bits per heavy atom. The predicted molar refractivity (Wildman–Crippen MR) is 241 cm³/mol. The van der Waals surface area contributed by atoms with E-state index in [2.05, 4.69) is 201 Å². The van der Waals surface area contributed by atoms with E-state index < -0.39 is 5.41 Å². The molecule has 0 saturated carbocycles. The number of hydrogen-bond donors (Lipinski definition) is 0. The third-order valence-corrected chi connectivity index (χ3v) is 12.3. The standard InChI is InChI=1S/C54H40ClN3/c1-34-5-15-40(16-6-34)57(41-17-7-35(2)8-18-41)44-23-27-48-49-28-24-45(58(42-19-9-36(3)10-20-42)43-21-11-37(4)12-22-43)32-53(49)54(52(48)31-44)50-29-38(33-56)13-25-46(50)47-26-14-39(55)30-51(47)54/h5-32H,1-4H3. The minimum absolute atomic E-state index is 0.626. The molecule has 0 aromatic heterocycles. The number of nitrogens with zero attached hydrogens (tertiary/aromatic N) is 3. The minimum atomic E-state index is -0.766. The van der Waals surface area contributed by atoms with Crippen molar-refractivity contribution in [3.63, 3.8) is 0 Å². The molecule has 58 heavy (non-hydrogen) atoms. The van der Waals surface area contributed by atoms with E-state index in [4.69, 9.17) is 11.6 Å². The first-order chi connectivity index (χ1) is 28.2. The number of fused-ring (bicyclic) bond motifs is 10. The summed E-state index contributed by atoms with van der Waals surface area (Å²) in [5.74, 6) is 0. The molecule has 0 fully saturated rings. The Labute approximate surface area is 345 Å². The summed E-state index contributed by atoms with van der Waals surface area (Å²) < 4.78 is 0. The zero-order chi connectivity index (χ0) is 39.7. The lowest BCUT2D eigenvalue weighted by Crippen LogP contribution is -2.27. The highest BCUT2D eigenvalue weighted by molar-refractivity contribution is 6.30. The van der Waals surface area contributed by atoms with Crippen LogP contribution in [-0.4, -0.2) is 0 Å². The van der Waals surface area contributed by atoms with Crippen LogP contribution in [0.2, 0.25) is 5.02 Å². The first-order valence-corrected chi connectivity index (χ1v) is 20.1. The van der Waals surface area contributed by atoms with Gasteiger partial charge in [-0.05, 0) is 169 Å². The third-order valence-electron chi connectivity index (χ3n) is 12.0. The zero-order valence-corrected chi connectivity index (χ0v) is 33.6. The fourth-order valence-electron chi connectivity index (χ4n) is 9.19. The number of hydrogen-bond acceptors (Lipinski definition) is 3. The lowest BCUT2D eigenvalue weighted by molar-refractivity contribution is 0.793. The first-order valence-electron chi connectivity index (χ1n) is 19.7. The molecule has 0 unspecified atom stereocenters. The van der Waals surface area contributed by atoms with Crippen LogP contribution >= 0.6 is 11.6 Å². The maximum atomic E-state index is 10.4. The smallest absolute Gasteiger partial charge is 0.0991 e. The highest BCUT2D eigenvalue weighted by Crippen LogP contribution is 2.64. The number of rotatable bonds is 6.